The van der Waals surface area contributed by atoms with Crippen molar-refractivity contribution in [2.75, 3.05) is 13.1 Å². The molecule has 0 aliphatic rings. The second-order valence-electron chi connectivity index (χ2n) is 7.09. The third kappa shape index (κ3) is 17.7. The van der Waals surface area contributed by atoms with Crippen molar-refractivity contribution in [3.05, 3.63) is 0 Å². The molecule has 0 aromatic rings. The molecular formula is C21H43NO. The molecule has 0 heterocycles. The third-order valence-electron chi connectivity index (χ3n) is 4.75. The van der Waals surface area contributed by atoms with Gasteiger partial charge in [-0.2, -0.15) is 0 Å². The van der Waals surface area contributed by atoms with Gasteiger partial charge in [0.25, 0.3) is 0 Å². The van der Waals surface area contributed by atoms with Crippen LogP contribution < -0.4 is 0 Å². The second kappa shape index (κ2) is 19.5. The van der Waals surface area contributed by atoms with Gasteiger partial charge in [-0.25, -0.2) is 0 Å². The molecule has 0 N–H and O–H groups in total. The van der Waals surface area contributed by atoms with Crippen molar-refractivity contribution in [1.29, 1.82) is 0 Å². The Morgan fingerprint density at radius 3 is 1.26 bits per heavy atom. The number of carbonyl (C=O) groups is 1. The maximum Gasteiger partial charge on any atom is 0.209 e. The molecule has 2 heteroatoms. The molecule has 0 unspecified atom stereocenters. The van der Waals surface area contributed by atoms with Gasteiger partial charge >= 0.3 is 0 Å². The van der Waals surface area contributed by atoms with E-state index < -0.39 is 0 Å². The first-order chi connectivity index (χ1) is 11.3. The molecule has 0 fully saturated rings. The molecule has 23 heavy (non-hydrogen) atoms. The molecule has 0 aromatic heterocycles. The topological polar surface area (TPSA) is 20.3 Å². The molecule has 0 rings (SSSR count). The van der Waals surface area contributed by atoms with Crippen LogP contribution in [0.4, 0.5) is 0 Å². The van der Waals surface area contributed by atoms with Gasteiger partial charge in [0.05, 0.1) is 0 Å². The zero-order valence-electron chi connectivity index (χ0n) is 16.2. The second-order valence-corrected chi connectivity index (χ2v) is 7.09. The summed E-state index contributed by atoms with van der Waals surface area (Å²) in [6.45, 7) is 6.36. The van der Waals surface area contributed by atoms with Crippen LogP contribution in [0.3, 0.4) is 0 Å². The van der Waals surface area contributed by atoms with Crippen LogP contribution in [0.1, 0.15) is 117 Å². The van der Waals surface area contributed by atoms with Crippen LogP contribution in [0, 0.1) is 0 Å². The summed E-state index contributed by atoms with van der Waals surface area (Å²) in [6, 6.07) is 0. The van der Waals surface area contributed by atoms with Gasteiger partial charge in [0.15, 0.2) is 0 Å². The van der Waals surface area contributed by atoms with E-state index >= 15 is 0 Å². The van der Waals surface area contributed by atoms with E-state index in [2.05, 4.69) is 13.8 Å². The van der Waals surface area contributed by atoms with Crippen LogP contribution in [0.15, 0.2) is 0 Å². The summed E-state index contributed by atoms with van der Waals surface area (Å²) in [4.78, 5) is 12.9. The molecule has 1 amide bonds. The van der Waals surface area contributed by atoms with E-state index in [1.165, 1.54) is 96.3 Å². The van der Waals surface area contributed by atoms with E-state index in [4.69, 9.17) is 0 Å². The molecule has 0 saturated heterocycles. The van der Waals surface area contributed by atoms with Gasteiger partial charge in [0.1, 0.15) is 0 Å². The monoisotopic (exact) mass is 325 g/mol. The quantitative estimate of drug-likeness (QED) is 0.190. The van der Waals surface area contributed by atoms with E-state index in [0.29, 0.717) is 0 Å². The van der Waals surface area contributed by atoms with Crippen LogP contribution in [-0.4, -0.2) is 24.4 Å². The molecule has 0 spiro atoms. The number of unbranched alkanes of at least 4 members (excludes halogenated alkanes) is 14. The van der Waals surface area contributed by atoms with Gasteiger partial charge in [-0.3, -0.25) is 4.79 Å². The Bertz CT molecular complexity index is 230. The lowest BCUT2D eigenvalue weighted by molar-refractivity contribution is -0.118. The highest BCUT2D eigenvalue weighted by molar-refractivity contribution is 5.46. The minimum atomic E-state index is 0.943. The summed E-state index contributed by atoms with van der Waals surface area (Å²) in [5, 5.41) is 0. The number of amides is 1. The van der Waals surface area contributed by atoms with Crippen LogP contribution in [0.5, 0.6) is 0 Å². The third-order valence-corrected chi connectivity index (χ3v) is 4.75. The van der Waals surface area contributed by atoms with E-state index in [9.17, 15) is 4.79 Å². The Hall–Kier alpha value is -0.530. The normalized spacial score (nSPS) is 10.9. The highest BCUT2D eigenvalue weighted by Crippen LogP contribution is 2.13. The Morgan fingerprint density at radius 1 is 0.522 bits per heavy atom. The van der Waals surface area contributed by atoms with Gasteiger partial charge in [-0.05, 0) is 12.8 Å². The summed E-state index contributed by atoms with van der Waals surface area (Å²) in [5.41, 5.74) is 0. The number of hydrogen-bond donors (Lipinski definition) is 0. The standard InChI is InChI=1S/C21H43NO/c1-3-5-7-8-9-10-11-12-13-14-15-16-17-18-20-22(21-23)19-6-4-2/h21H,3-20H2,1-2H3. The van der Waals surface area contributed by atoms with Crippen molar-refractivity contribution in [3.63, 3.8) is 0 Å². The number of rotatable bonds is 19. The highest BCUT2D eigenvalue weighted by Gasteiger charge is 2.00. The van der Waals surface area contributed by atoms with Gasteiger partial charge in [0.2, 0.25) is 6.41 Å². The molecule has 0 atom stereocenters. The van der Waals surface area contributed by atoms with E-state index in [1.54, 1.807) is 0 Å². The van der Waals surface area contributed by atoms with Crippen LogP contribution in [0.2, 0.25) is 0 Å². The maximum absolute atomic E-state index is 10.9. The predicted molar refractivity (Wildman–Crippen MR) is 103 cm³/mol. The number of hydrogen-bond acceptors (Lipinski definition) is 1. The fraction of sp³-hybridized carbons (Fsp3) is 0.952. The zero-order chi connectivity index (χ0) is 17.0. The molecule has 138 valence electrons. The zero-order valence-corrected chi connectivity index (χ0v) is 16.2. The molecule has 0 aliphatic carbocycles. The van der Waals surface area contributed by atoms with Crippen LogP contribution >= 0.6 is 0 Å². The number of carbonyl (C=O) groups excluding carboxylic acids is 1. The summed E-state index contributed by atoms with van der Waals surface area (Å²) in [6.07, 6.45) is 22.8. The van der Waals surface area contributed by atoms with E-state index in [1.807, 2.05) is 4.90 Å². The lowest BCUT2D eigenvalue weighted by atomic mass is 10.0. The highest BCUT2D eigenvalue weighted by atomic mass is 16.1. The van der Waals surface area contributed by atoms with Gasteiger partial charge in [-0.1, -0.05) is 104 Å². The van der Waals surface area contributed by atoms with E-state index in [0.717, 1.165) is 25.9 Å². The van der Waals surface area contributed by atoms with Crippen molar-refractivity contribution >= 4 is 6.41 Å². The molecule has 0 radical (unpaired) electrons. The SMILES string of the molecule is CCCCCCCCCCCCCCCCN(C=O)CCCC. The smallest absolute Gasteiger partial charge is 0.209 e. The summed E-state index contributed by atoms with van der Waals surface area (Å²) in [7, 11) is 0. The summed E-state index contributed by atoms with van der Waals surface area (Å²) >= 11 is 0. The first-order valence-corrected chi connectivity index (χ1v) is 10.5. The summed E-state index contributed by atoms with van der Waals surface area (Å²) in [5.74, 6) is 0. The Kier molecular flexibility index (Phi) is 19.1. The fourth-order valence-electron chi connectivity index (χ4n) is 3.09. The number of nitrogens with zero attached hydrogens (tertiary/aromatic N) is 1. The first-order valence-electron chi connectivity index (χ1n) is 10.5. The molecular weight excluding hydrogens is 282 g/mol. The van der Waals surface area contributed by atoms with Crippen LogP contribution in [0.25, 0.3) is 0 Å². The molecule has 0 aromatic carbocycles. The average Bonchev–Trinajstić information content (AvgIpc) is 2.57. The minimum absolute atomic E-state index is 0.943. The maximum atomic E-state index is 10.9. The molecule has 0 saturated carbocycles. The van der Waals surface area contributed by atoms with Crippen molar-refractivity contribution in [3.8, 4) is 0 Å². The lowest BCUT2D eigenvalue weighted by Crippen LogP contribution is -2.24. The molecule has 0 aliphatic heterocycles. The first kappa shape index (κ1) is 22.5. The van der Waals surface area contributed by atoms with Crippen molar-refractivity contribution in [2.45, 2.75) is 117 Å². The van der Waals surface area contributed by atoms with Crippen molar-refractivity contribution < 1.29 is 4.79 Å². The van der Waals surface area contributed by atoms with Crippen molar-refractivity contribution in [1.82, 2.24) is 4.90 Å². The fourth-order valence-corrected chi connectivity index (χ4v) is 3.09. The minimum Gasteiger partial charge on any atom is -0.345 e. The van der Waals surface area contributed by atoms with Crippen molar-refractivity contribution in [2.24, 2.45) is 0 Å². The lowest BCUT2D eigenvalue weighted by Gasteiger charge is -2.16. The van der Waals surface area contributed by atoms with Crippen LogP contribution in [-0.2, 0) is 4.79 Å². The molecule has 0 bridgehead atoms. The largest absolute Gasteiger partial charge is 0.345 e. The molecule has 2 nitrogen and oxygen atoms in total. The Labute approximate surface area is 146 Å². The average molecular weight is 326 g/mol. The van der Waals surface area contributed by atoms with E-state index in [-0.39, 0.29) is 0 Å². The van der Waals surface area contributed by atoms with Gasteiger partial charge in [-0.15, -0.1) is 0 Å². The Morgan fingerprint density at radius 2 is 0.870 bits per heavy atom. The van der Waals surface area contributed by atoms with Gasteiger partial charge in [0, 0.05) is 13.1 Å². The van der Waals surface area contributed by atoms with Gasteiger partial charge < -0.3 is 4.90 Å². The summed E-state index contributed by atoms with van der Waals surface area (Å²) < 4.78 is 0. The Balaban J connectivity index is 3.14. The predicted octanol–water partition coefficient (Wildman–Crippen LogP) is 6.73.